The van der Waals surface area contributed by atoms with E-state index in [4.69, 9.17) is 4.74 Å². The lowest BCUT2D eigenvalue weighted by Crippen LogP contribution is -2.11. The first-order valence-corrected chi connectivity index (χ1v) is 9.85. The average molecular weight is 401 g/mol. The molecule has 0 amide bonds. The molecule has 0 spiro atoms. The molecule has 152 valence electrons. The van der Waals surface area contributed by atoms with Gasteiger partial charge in [-0.1, -0.05) is 58.9 Å². The fourth-order valence-corrected chi connectivity index (χ4v) is 3.40. The predicted molar refractivity (Wildman–Crippen MR) is 121 cm³/mol. The summed E-state index contributed by atoms with van der Waals surface area (Å²) in [5.41, 5.74) is 6.50. The molecule has 2 heterocycles. The number of rotatable bonds is 5. The lowest BCUT2D eigenvalue weighted by Gasteiger charge is -2.19. The molecule has 0 atom stereocenters. The lowest BCUT2D eigenvalue weighted by molar-refractivity contribution is 0.263. The summed E-state index contributed by atoms with van der Waals surface area (Å²) in [5.74, 6) is 1.21. The van der Waals surface area contributed by atoms with E-state index in [0.717, 1.165) is 17.9 Å². The summed E-state index contributed by atoms with van der Waals surface area (Å²) in [7, 11) is 0. The quantitative estimate of drug-likeness (QED) is 0.491. The maximum absolute atomic E-state index is 6.06. The molecule has 0 fully saturated rings. The molecular formula is C24H33ClN2O. The highest BCUT2D eigenvalue weighted by Crippen LogP contribution is 2.32. The third-order valence-corrected chi connectivity index (χ3v) is 5.23. The Morgan fingerprint density at radius 2 is 1.68 bits per heavy atom. The van der Waals surface area contributed by atoms with Crippen LogP contribution in [0.15, 0.2) is 36.5 Å². The van der Waals surface area contributed by atoms with Crippen LogP contribution in [0.5, 0.6) is 5.88 Å². The number of nitrogens with zero attached hydrogens (tertiary/aromatic N) is 2. The van der Waals surface area contributed by atoms with Crippen LogP contribution in [-0.2, 0) is 12.0 Å². The Labute approximate surface area is 175 Å². The van der Waals surface area contributed by atoms with Crippen LogP contribution in [0.4, 0.5) is 0 Å². The van der Waals surface area contributed by atoms with Crippen LogP contribution in [0.25, 0.3) is 10.9 Å². The zero-order valence-corrected chi connectivity index (χ0v) is 19.0. The largest absolute Gasteiger partial charge is 0.476 e. The molecule has 1 aromatic carbocycles. The molecule has 0 bridgehead atoms. The summed E-state index contributed by atoms with van der Waals surface area (Å²) in [6.45, 7) is 16.9. The van der Waals surface area contributed by atoms with Crippen molar-refractivity contribution < 1.29 is 4.74 Å². The van der Waals surface area contributed by atoms with E-state index in [1.807, 2.05) is 6.20 Å². The highest BCUT2D eigenvalue weighted by atomic mass is 35.5. The van der Waals surface area contributed by atoms with Gasteiger partial charge < -0.3 is 9.30 Å². The summed E-state index contributed by atoms with van der Waals surface area (Å²) in [6, 6.07) is 11.1. The summed E-state index contributed by atoms with van der Waals surface area (Å²) in [4.78, 5) is 4.54. The van der Waals surface area contributed by atoms with Crippen molar-refractivity contribution in [2.45, 2.75) is 60.4 Å². The lowest BCUT2D eigenvalue weighted by atomic mass is 9.87. The van der Waals surface area contributed by atoms with Gasteiger partial charge in [-0.3, -0.25) is 0 Å². The molecule has 28 heavy (non-hydrogen) atoms. The minimum Gasteiger partial charge on any atom is -0.476 e. The fraction of sp³-hybridized carbons (Fsp3) is 0.458. The summed E-state index contributed by atoms with van der Waals surface area (Å²) in [6.07, 6.45) is 1.85. The minimum atomic E-state index is 0. The van der Waals surface area contributed by atoms with Crippen molar-refractivity contribution in [3.05, 3.63) is 58.9 Å². The van der Waals surface area contributed by atoms with Crippen LogP contribution in [0.2, 0.25) is 0 Å². The molecule has 0 unspecified atom stereocenters. The van der Waals surface area contributed by atoms with Crippen molar-refractivity contribution in [2.75, 3.05) is 6.61 Å². The molecular weight excluding hydrogens is 368 g/mol. The molecule has 0 saturated carbocycles. The number of halogens is 1. The molecule has 0 radical (unpaired) electrons. The molecule has 2 aromatic heterocycles. The Morgan fingerprint density at radius 3 is 2.25 bits per heavy atom. The SMILES string of the molecule is Cc1c(C)n(Cc2ccc(C(C)(C)C)cc2)c2c(OCC(C)C)nccc12.Cl. The van der Waals surface area contributed by atoms with Gasteiger partial charge in [-0.15, -0.1) is 12.4 Å². The number of ether oxygens (including phenoxy) is 1. The standard InChI is InChI=1S/C24H32N2O.ClH/c1-16(2)15-27-23-22-21(12-13-25-23)17(3)18(4)26(22)14-19-8-10-20(11-9-19)24(5,6)7;/h8-13,16H,14-15H2,1-7H3;1H. The summed E-state index contributed by atoms with van der Waals surface area (Å²) >= 11 is 0. The van der Waals surface area contributed by atoms with Gasteiger partial charge in [0.25, 0.3) is 0 Å². The Balaban J connectivity index is 0.00000280. The Hall–Kier alpha value is -2.00. The average Bonchev–Trinajstić information content (AvgIpc) is 2.85. The second-order valence-electron chi connectivity index (χ2n) is 8.96. The van der Waals surface area contributed by atoms with Gasteiger partial charge in [-0.05, 0) is 47.9 Å². The first kappa shape index (κ1) is 22.3. The van der Waals surface area contributed by atoms with Crippen LogP contribution < -0.4 is 4.74 Å². The van der Waals surface area contributed by atoms with Gasteiger partial charge in [0.05, 0.1) is 6.61 Å². The first-order chi connectivity index (χ1) is 12.7. The molecule has 4 heteroatoms. The number of benzene rings is 1. The maximum Gasteiger partial charge on any atom is 0.238 e. The van der Waals surface area contributed by atoms with Crippen molar-refractivity contribution in [2.24, 2.45) is 5.92 Å². The van der Waals surface area contributed by atoms with E-state index in [-0.39, 0.29) is 17.8 Å². The van der Waals surface area contributed by atoms with E-state index in [0.29, 0.717) is 12.5 Å². The van der Waals surface area contributed by atoms with Gasteiger partial charge in [0.1, 0.15) is 5.52 Å². The monoisotopic (exact) mass is 400 g/mol. The maximum atomic E-state index is 6.06. The minimum absolute atomic E-state index is 0. The number of aromatic nitrogens is 2. The van der Waals surface area contributed by atoms with Crippen LogP contribution >= 0.6 is 12.4 Å². The van der Waals surface area contributed by atoms with Crippen LogP contribution in [0.3, 0.4) is 0 Å². The zero-order valence-electron chi connectivity index (χ0n) is 18.2. The van der Waals surface area contributed by atoms with Gasteiger partial charge in [-0.2, -0.15) is 0 Å². The van der Waals surface area contributed by atoms with Crippen LogP contribution in [0, 0.1) is 19.8 Å². The number of fused-ring (bicyclic) bond motifs is 1. The smallest absolute Gasteiger partial charge is 0.238 e. The van der Waals surface area contributed by atoms with Gasteiger partial charge in [-0.25, -0.2) is 4.98 Å². The van der Waals surface area contributed by atoms with E-state index in [1.165, 1.54) is 27.8 Å². The molecule has 0 N–H and O–H groups in total. The number of pyridine rings is 1. The topological polar surface area (TPSA) is 27.1 Å². The second kappa shape index (κ2) is 8.57. The normalized spacial score (nSPS) is 11.7. The van der Waals surface area contributed by atoms with E-state index in [1.54, 1.807) is 0 Å². The number of aryl methyl sites for hydroxylation is 1. The van der Waals surface area contributed by atoms with Crippen molar-refractivity contribution in [3.63, 3.8) is 0 Å². The second-order valence-corrected chi connectivity index (χ2v) is 8.96. The van der Waals surface area contributed by atoms with Gasteiger partial charge in [0.2, 0.25) is 5.88 Å². The third kappa shape index (κ3) is 4.52. The zero-order chi connectivity index (χ0) is 19.8. The van der Waals surface area contributed by atoms with E-state index >= 15 is 0 Å². The van der Waals surface area contributed by atoms with Gasteiger partial charge in [0, 0.05) is 23.8 Å². The molecule has 0 aliphatic heterocycles. The van der Waals surface area contributed by atoms with E-state index in [9.17, 15) is 0 Å². The summed E-state index contributed by atoms with van der Waals surface area (Å²) < 4.78 is 8.41. The first-order valence-electron chi connectivity index (χ1n) is 9.85. The fourth-order valence-electron chi connectivity index (χ4n) is 3.40. The highest BCUT2D eigenvalue weighted by molar-refractivity contribution is 5.89. The molecule has 3 nitrogen and oxygen atoms in total. The highest BCUT2D eigenvalue weighted by Gasteiger charge is 2.17. The van der Waals surface area contributed by atoms with E-state index < -0.39 is 0 Å². The number of hydrogen-bond acceptors (Lipinski definition) is 2. The Bertz CT molecular complexity index is 934. The van der Waals surface area contributed by atoms with E-state index in [2.05, 4.69) is 88.3 Å². The molecule has 0 aliphatic carbocycles. The number of hydrogen-bond donors (Lipinski definition) is 0. The van der Waals surface area contributed by atoms with Crippen molar-refractivity contribution in [1.82, 2.24) is 9.55 Å². The molecule has 3 rings (SSSR count). The van der Waals surface area contributed by atoms with Crippen molar-refractivity contribution in [3.8, 4) is 5.88 Å². The molecule has 3 aromatic rings. The van der Waals surface area contributed by atoms with Crippen LogP contribution in [-0.4, -0.2) is 16.2 Å². The van der Waals surface area contributed by atoms with Crippen LogP contribution in [0.1, 0.15) is 57.0 Å². The van der Waals surface area contributed by atoms with Crippen molar-refractivity contribution >= 4 is 23.3 Å². The Kier molecular flexibility index (Phi) is 6.82. The molecule has 0 aliphatic rings. The van der Waals surface area contributed by atoms with Crippen molar-refractivity contribution in [1.29, 1.82) is 0 Å². The van der Waals surface area contributed by atoms with Gasteiger partial charge >= 0.3 is 0 Å². The predicted octanol–water partition coefficient (Wildman–Crippen LogP) is 6.46. The molecule has 0 saturated heterocycles. The van der Waals surface area contributed by atoms with Gasteiger partial charge in [0.15, 0.2) is 0 Å². The third-order valence-electron chi connectivity index (χ3n) is 5.23. The Morgan fingerprint density at radius 1 is 1.04 bits per heavy atom. The summed E-state index contributed by atoms with van der Waals surface area (Å²) in [5, 5.41) is 1.23.